The molecule has 10 heavy (non-hydrogen) atoms. The number of unbranched alkanes of at least 4 members (excludes halogenated alkanes) is 1. The van der Waals surface area contributed by atoms with Crippen molar-refractivity contribution in [3.05, 3.63) is 0 Å². The van der Waals surface area contributed by atoms with Crippen LogP contribution in [0.2, 0.25) is 0 Å². The SMILES string of the molecule is CCCC.S=[P+]1PSS1=S. The molecule has 0 nitrogen and oxygen atoms in total. The summed E-state index contributed by atoms with van der Waals surface area (Å²) >= 11 is 9.87. The van der Waals surface area contributed by atoms with Crippen LogP contribution in [-0.2, 0) is 31.1 Å². The van der Waals surface area contributed by atoms with Crippen LogP contribution in [-0.4, -0.2) is 0 Å². The number of rotatable bonds is 1. The Morgan fingerprint density at radius 2 is 1.90 bits per heavy atom. The van der Waals surface area contributed by atoms with Gasteiger partial charge in [0.25, 0.3) is 5.59 Å². The summed E-state index contributed by atoms with van der Waals surface area (Å²) in [7, 11) is 3.05. The fraction of sp³-hybridized carbons (Fsp3) is 1.00. The third kappa shape index (κ3) is 5.51. The van der Waals surface area contributed by atoms with Crippen LogP contribution >= 0.6 is 23.5 Å². The van der Waals surface area contributed by atoms with Crippen LogP contribution < -0.4 is 0 Å². The fourth-order valence-electron chi connectivity index (χ4n) is 0.0981. The lowest BCUT2D eigenvalue weighted by molar-refractivity contribution is 0.886. The van der Waals surface area contributed by atoms with Crippen molar-refractivity contribution in [1.29, 1.82) is 0 Å². The maximum atomic E-state index is 4.95. The molecular formula is C4H11P2S4+. The molecule has 3 unspecified atom stereocenters. The van der Waals surface area contributed by atoms with Crippen LogP contribution in [0.25, 0.3) is 0 Å². The Labute approximate surface area is 80.9 Å². The van der Waals surface area contributed by atoms with E-state index in [0.717, 1.165) is 7.47 Å². The van der Waals surface area contributed by atoms with Gasteiger partial charge >= 0.3 is 0 Å². The van der Waals surface area contributed by atoms with Crippen LogP contribution in [0.3, 0.4) is 0 Å². The van der Waals surface area contributed by atoms with Crippen LogP contribution in [0.15, 0.2) is 0 Å². The first-order valence-electron chi connectivity index (χ1n) is 3.04. The predicted octanol–water partition coefficient (Wildman–Crippen LogP) is 3.90. The van der Waals surface area contributed by atoms with Gasteiger partial charge in [-0.15, -0.1) is 0 Å². The Bertz CT molecular complexity index is 119. The first-order chi connectivity index (χ1) is 4.72. The van der Waals surface area contributed by atoms with E-state index in [4.69, 9.17) is 23.0 Å². The lowest BCUT2D eigenvalue weighted by atomic mass is 10.4. The van der Waals surface area contributed by atoms with Crippen LogP contribution in [0.5, 0.6) is 0 Å². The summed E-state index contributed by atoms with van der Waals surface area (Å²) in [6.45, 7) is 4.36. The molecule has 1 fully saturated rings. The highest BCUT2D eigenvalue weighted by atomic mass is 33.8. The zero-order chi connectivity index (χ0) is 7.98. The van der Waals surface area contributed by atoms with Gasteiger partial charge in [0, 0.05) is 21.6 Å². The van der Waals surface area contributed by atoms with E-state index in [2.05, 4.69) is 13.8 Å². The second-order valence-corrected chi connectivity index (χ2v) is 18.5. The topological polar surface area (TPSA) is 0 Å². The Morgan fingerprint density at radius 1 is 1.50 bits per heavy atom. The minimum Gasteiger partial charge on any atom is -0.0654 e. The molecule has 0 saturated carbocycles. The quantitative estimate of drug-likeness (QED) is 0.511. The molecule has 0 bridgehead atoms. The monoisotopic (exact) mass is 249 g/mol. The highest BCUT2D eigenvalue weighted by Gasteiger charge is 2.30. The largest absolute Gasteiger partial charge is 0.284 e. The lowest BCUT2D eigenvalue weighted by Gasteiger charge is -1.96. The van der Waals surface area contributed by atoms with E-state index in [-0.39, 0.29) is 13.7 Å². The van der Waals surface area contributed by atoms with E-state index in [0.29, 0.717) is 0 Å². The highest BCUT2D eigenvalue weighted by molar-refractivity contribution is 9.37. The first-order valence-corrected chi connectivity index (χ1v) is 12.1. The lowest BCUT2D eigenvalue weighted by Crippen LogP contribution is -1.66. The summed E-state index contributed by atoms with van der Waals surface area (Å²) in [5, 5.41) is 0. The minimum absolute atomic E-state index is 0.0622. The van der Waals surface area contributed by atoms with Gasteiger partial charge in [-0.05, 0) is 0 Å². The maximum absolute atomic E-state index is 4.95. The van der Waals surface area contributed by atoms with Crippen molar-refractivity contribution in [1.82, 2.24) is 0 Å². The van der Waals surface area contributed by atoms with Crippen LogP contribution in [0, 0.1) is 0 Å². The van der Waals surface area contributed by atoms with E-state index in [1.54, 1.807) is 0 Å². The third-order valence-corrected chi connectivity index (χ3v) is 26.3. The summed E-state index contributed by atoms with van der Waals surface area (Å²) in [6, 6.07) is 0. The molecule has 0 aromatic heterocycles. The number of hydrogen-bond acceptors (Lipinski definition) is 3. The van der Waals surface area contributed by atoms with Crippen molar-refractivity contribution in [2.75, 3.05) is 0 Å². The summed E-state index contributed by atoms with van der Waals surface area (Å²) in [4.78, 5) is 0. The van der Waals surface area contributed by atoms with E-state index in [9.17, 15) is 0 Å². The van der Waals surface area contributed by atoms with Gasteiger partial charge in [0.15, 0.2) is 19.9 Å². The highest BCUT2D eigenvalue weighted by Crippen LogP contribution is 2.73. The standard InChI is InChI=1S/C4H10.HP2S4/c1-3-4-2;3-2-1-5-6(2)4/h3-4H2,1-2H3;1H/q;+1. The van der Waals surface area contributed by atoms with E-state index in [1.165, 1.54) is 12.8 Å². The van der Waals surface area contributed by atoms with Gasteiger partial charge in [-0.1, -0.05) is 26.7 Å². The molecule has 0 aromatic rings. The normalized spacial score (nSPS) is 28.6. The van der Waals surface area contributed by atoms with Crippen molar-refractivity contribution in [3.8, 4) is 0 Å². The summed E-state index contributed by atoms with van der Waals surface area (Å²) in [5.74, 6) is 0. The Morgan fingerprint density at radius 3 is 1.90 bits per heavy atom. The summed E-state index contributed by atoms with van der Waals surface area (Å²) in [5.41, 5.74) is -0.0622. The molecule has 6 heteroatoms. The molecule has 60 valence electrons. The Hall–Kier alpha value is 1.87. The molecule has 1 rings (SSSR count). The molecule has 1 heterocycles. The van der Waals surface area contributed by atoms with E-state index < -0.39 is 0 Å². The molecule has 0 aliphatic carbocycles. The molecule has 0 N–H and O–H groups in total. The summed E-state index contributed by atoms with van der Waals surface area (Å²) < 4.78 is 0. The van der Waals surface area contributed by atoms with E-state index >= 15 is 0 Å². The molecule has 0 spiro atoms. The number of hydrogen-bond donors (Lipinski definition) is 0. The molecule has 1 saturated heterocycles. The second-order valence-electron chi connectivity index (χ2n) is 1.65. The summed E-state index contributed by atoms with van der Waals surface area (Å²) in [6.07, 6.45) is 2.64. The van der Waals surface area contributed by atoms with Gasteiger partial charge in [-0.25, -0.2) is 0 Å². The van der Waals surface area contributed by atoms with Crippen LogP contribution in [0.4, 0.5) is 0 Å². The van der Waals surface area contributed by atoms with Crippen molar-refractivity contribution in [2.45, 2.75) is 26.7 Å². The maximum Gasteiger partial charge on any atom is 0.284 e. The van der Waals surface area contributed by atoms with Gasteiger partial charge < -0.3 is 0 Å². The average Bonchev–Trinajstić information content (AvgIpc) is 2.01. The first kappa shape index (κ1) is 11.9. The zero-order valence-electron chi connectivity index (χ0n) is 5.99. The Kier molecular flexibility index (Phi) is 8.92. The molecule has 0 radical (unpaired) electrons. The smallest absolute Gasteiger partial charge is 0.0654 e. The molecule has 1 aliphatic heterocycles. The van der Waals surface area contributed by atoms with Gasteiger partial charge in [-0.3, -0.25) is 0 Å². The second kappa shape index (κ2) is 7.52. The van der Waals surface area contributed by atoms with Crippen molar-refractivity contribution >= 4 is 54.6 Å². The van der Waals surface area contributed by atoms with Gasteiger partial charge in [0.1, 0.15) is 0 Å². The van der Waals surface area contributed by atoms with Gasteiger partial charge in [-0.2, -0.15) is 0 Å². The third-order valence-electron chi connectivity index (χ3n) is 0.818. The average molecular weight is 249 g/mol. The van der Waals surface area contributed by atoms with Gasteiger partial charge in [0.05, 0.1) is 0 Å². The van der Waals surface area contributed by atoms with Crippen molar-refractivity contribution < 1.29 is 0 Å². The van der Waals surface area contributed by atoms with E-state index in [1.807, 2.05) is 10.4 Å². The fourth-order valence-corrected chi connectivity index (χ4v) is 17.8. The van der Waals surface area contributed by atoms with Crippen molar-refractivity contribution in [3.63, 3.8) is 0 Å². The molecule has 1 aliphatic rings. The molecule has 0 aromatic carbocycles. The van der Waals surface area contributed by atoms with Crippen molar-refractivity contribution in [2.24, 2.45) is 0 Å². The van der Waals surface area contributed by atoms with Crippen LogP contribution in [0.1, 0.15) is 26.7 Å². The zero-order valence-corrected chi connectivity index (χ0v) is 11.2. The van der Waals surface area contributed by atoms with Gasteiger partial charge in [0.2, 0.25) is 7.47 Å². The molecular weight excluding hydrogens is 238 g/mol. The molecule has 0 amide bonds. The Balaban J connectivity index is 0.000000180. The minimum atomic E-state index is -0.0622. The predicted molar refractivity (Wildman–Crippen MR) is 65.5 cm³/mol. The molecule has 3 atom stereocenters.